The van der Waals surface area contributed by atoms with Gasteiger partial charge in [-0.05, 0) is 43.7 Å². The molecule has 1 aromatic carbocycles. The highest BCUT2D eigenvalue weighted by Crippen LogP contribution is 2.36. The second kappa shape index (κ2) is 11.9. The maximum Gasteiger partial charge on any atom is 0.191 e. The van der Waals surface area contributed by atoms with Gasteiger partial charge in [-0.25, -0.2) is 4.99 Å². The van der Waals surface area contributed by atoms with Crippen LogP contribution in [0.2, 0.25) is 5.02 Å². The van der Waals surface area contributed by atoms with Crippen LogP contribution >= 0.6 is 35.6 Å². The molecule has 2 aromatic rings. The molecule has 0 unspecified atom stereocenters. The van der Waals surface area contributed by atoms with Crippen molar-refractivity contribution in [2.75, 3.05) is 20.3 Å². The first-order chi connectivity index (χ1) is 12.2. The van der Waals surface area contributed by atoms with E-state index in [4.69, 9.17) is 25.5 Å². The topological polar surface area (TPSA) is 68.0 Å². The lowest BCUT2D eigenvalue weighted by Gasteiger charge is -2.13. The van der Waals surface area contributed by atoms with Crippen LogP contribution in [0.4, 0.5) is 0 Å². The van der Waals surface area contributed by atoms with Crippen molar-refractivity contribution < 1.29 is 13.9 Å². The number of nitrogens with zero attached hydrogens (tertiary/aromatic N) is 1. The molecule has 0 bridgehead atoms. The van der Waals surface area contributed by atoms with E-state index in [1.807, 2.05) is 38.1 Å². The quantitative estimate of drug-likeness (QED) is 0.328. The van der Waals surface area contributed by atoms with Gasteiger partial charge in [-0.1, -0.05) is 11.6 Å². The summed E-state index contributed by atoms with van der Waals surface area (Å²) in [5, 5.41) is 6.94. The number of benzene rings is 1. The number of hydrogen-bond donors (Lipinski definition) is 2. The van der Waals surface area contributed by atoms with E-state index in [9.17, 15) is 0 Å². The van der Waals surface area contributed by atoms with Gasteiger partial charge in [0.2, 0.25) is 0 Å². The molecular formula is C18H25ClIN3O3. The molecule has 0 aliphatic rings. The van der Waals surface area contributed by atoms with Crippen molar-refractivity contribution in [1.82, 2.24) is 10.6 Å². The first kappa shape index (κ1) is 22.4. The minimum atomic E-state index is 0. The van der Waals surface area contributed by atoms with Crippen molar-refractivity contribution in [2.24, 2.45) is 4.99 Å². The van der Waals surface area contributed by atoms with Gasteiger partial charge in [0.1, 0.15) is 5.76 Å². The summed E-state index contributed by atoms with van der Waals surface area (Å²) < 4.78 is 16.2. The molecule has 2 rings (SSSR count). The van der Waals surface area contributed by atoms with Gasteiger partial charge in [0.25, 0.3) is 0 Å². The molecule has 0 atom stereocenters. The predicted molar refractivity (Wildman–Crippen MR) is 115 cm³/mol. The number of nitrogens with one attached hydrogen (secondary N) is 2. The van der Waals surface area contributed by atoms with Crippen molar-refractivity contribution in [3.63, 3.8) is 0 Å². The second-order valence-electron chi connectivity index (χ2n) is 5.17. The van der Waals surface area contributed by atoms with Crippen LogP contribution in [-0.2, 0) is 13.1 Å². The number of rotatable bonds is 8. The summed E-state index contributed by atoms with van der Waals surface area (Å²) in [5.41, 5.74) is 0.931. The molecule has 0 aliphatic carbocycles. The molecule has 0 amide bonds. The largest absolute Gasteiger partial charge is 0.493 e. The summed E-state index contributed by atoms with van der Waals surface area (Å²) in [7, 11) is 1.59. The third kappa shape index (κ3) is 6.60. The third-order valence-corrected chi connectivity index (χ3v) is 3.63. The number of furan rings is 1. The van der Waals surface area contributed by atoms with Gasteiger partial charge < -0.3 is 24.5 Å². The van der Waals surface area contributed by atoms with Crippen LogP contribution < -0.4 is 20.1 Å². The number of aliphatic imine (C=N–C) groups is 1. The molecule has 0 spiro atoms. The van der Waals surface area contributed by atoms with Crippen LogP contribution in [0.5, 0.6) is 11.5 Å². The van der Waals surface area contributed by atoms with E-state index in [0.29, 0.717) is 42.2 Å². The second-order valence-corrected chi connectivity index (χ2v) is 5.58. The van der Waals surface area contributed by atoms with Gasteiger partial charge in [-0.3, -0.25) is 0 Å². The molecule has 0 saturated heterocycles. The summed E-state index contributed by atoms with van der Waals surface area (Å²) in [6, 6.07) is 7.49. The molecule has 1 heterocycles. The SMILES string of the molecule is CCNC(=NCc1cc(Cl)c(OCC)c(OC)c1)NCc1ccco1.I. The molecule has 2 N–H and O–H groups in total. The molecule has 144 valence electrons. The fraction of sp³-hybridized carbons (Fsp3) is 0.389. The summed E-state index contributed by atoms with van der Waals surface area (Å²) >= 11 is 6.30. The highest BCUT2D eigenvalue weighted by Gasteiger charge is 2.11. The zero-order valence-electron chi connectivity index (χ0n) is 15.2. The average molecular weight is 494 g/mol. The highest BCUT2D eigenvalue weighted by molar-refractivity contribution is 14.0. The first-order valence-corrected chi connectivity index (χ1v) is 8.59. The average Bonchev–Trinajstić information content (AvgIpc) is 3.13. The number of hydrogen-bond acceptors (Lipinski definition) is 4. The van der Waals surface area contributed by atoms with E-state index in [-0.39, 0.29) is 24.0 Å². The fourth-order valence-corrected chi connectivity index (χ4v) is 2.53. The van der Waals surface area contributed by atoms with E-state index < -0.39 is 0 Å². The van der Waals surface area contributed by atoms with E-state index in [1.165, 1.54) is 0 Å². The Morgan fingerprint density at radius 2 is 2.08 bits per heavy atom. The van der Waals surface area contributed by atoms with Crippen LogP contribution in [0.1, 0.15) is 25.2 Å². The van der Waals surface area contributed by atoms with Crippen molar-refractivity contribution in [2.45, 2.75) is 26.9 Å². The first-order valence-electron chi connectivity index (χ1n) is 8.21. The van der Waals surface area contributed by atoms with Crippen molar-refractivity contribution >= 4 is 41.5 Å². The maximum absolute atomic E-state index is 6.30. The molecule has 6 nitrogen and oxygen atoms in total. The Balaban J connectivity index is 0.00000338. The Hall–Kier alpha value is -1.61. The number of ether oxygens (including phenoxy) is 2. The van der Waals surface area contributed by atoms with Crippen LogP contribution in [-0.4, -0.2) is 26.2 Å². The lowest BCUT2D eigenvalue weighted by Crippen LogP contribution is -2.36. The van der Waals surface area contributed by atoms with E-state index in [0.717, 1.165) is 17.9 Å². The Kier molecular flexibility index (Phi) is 10.3. The normalized spacial score (nSPS) is 10.8. The van der Waals surface area contributed by atoms with Gasteiger partial charge in [-0.2, -0.15) is 0 Å². The van der Waals surface area contributed by atoms with Crippen LogP contribution in [0, 0.1) is 0 Å². The van der Waals surface area contributed by atoms with Crippen LogP contribution in [0.15, 0.2) is 39.9 Å². The highest BCUT2D eigenvalue weighted by atomic mass is 127. The van der Waals surface area contributed by atoms with Crippen molar-refractivity contribution in [1.29, 1.82) is 0 Å². The summed E-state index contributed by atoms with van der Waals surface area (Å²) in [4.78, 5) is 4.57. The Labute approximate surface area is 176 Å². The smallest absolute Gasteiger partial charge is 0.191 e. The van der Waals surface area contributed by atoms with Gasteiger partial charge >= 0.3 is 0 Å². The van der Waals surface area contributed by atoms with E-state index in [2.05, 4.69) is 15.6 Å². The monoisotopic (exact) mass is 493 g/mol. The lowest BCUT2D eigenvalue weighted by molar-refractivity contribution is 0.311. The zero-order chi connectivity index (χ0) is 18.1. The molecule has 0 aliphatic heterocycles. The predicted octanol–water partition coefficient (Wildman–Crippen LogP) is 4.21. The Bertz CT molecular complexity index is 693. The Morgan fingerprint density at radius 3 is 2.69 bits per heavy atom. The molecule has 1 aromatic heterocycles. The molecule has 0 fully saturated rings. The molecule has 26 heavy (non-hydrogen) atoms. The maximum atomic E-state index is 6.30. The fourth-order valence-electron chi connectivity index (χ4n) is 2.25. The minimum Gasteiger partial charge on any atom is -0.493 e. The van der Waals surface area contributed by atoms with Crippen LogP contribution in [0.3, 0.4) is 0 Å². The number of methoxy groups -OCH3 is 1. The Morgan fingerprint density at radius 1 is 1.27 bits per heavy atom. The summed E-state index contributed by atoms with van der Waals surface area (Å²) in [6.07, 6.45) is 1.65. The number of guanidine groups is 1. The molecule has 8 heteroatoms. The van der Waals surface area contributed by atoms with E-state index >= 15 is 0 Å². The van der Waals surface area contributed by atoms with Crippen molar-refractivity contribution in [3.05, 3.63) is 46.9 Å². The van der Waals surface area contributed by atoms with Gasteiger partial charge in [-0.15, -0.1) is 24.0 Å². The van der Waals surface area contributed by atoms with Gasteiger partial charge in [0, 0.05) is 6.54 Å². The molecule has 0 saturated carbocycles. The zero-order valence-corrected chi connectivity index (χ0v) is 18.3. The van der Waals surface area contributed by atoms with Gasteiger partial charge in [0.05, 0.1) is 38.1 Å². The number of halogens is 2. The van der Waals surface area contributed by atoms with Gasteiger partial charge in [0.15, 0.2) is 17.5 Å². The molecular weight excluding hydrogens is 469 g/mol. The minimum absolute atomic E-state index is 0. The standard InChI is InChI=1S/C18H24ClN3O3.HI/c1-4-20-18(22-12-14-7-6-8-25-14)21-11-13-9-15(19)17(24-5-2)16(10-13)23-3;/h6-10H,4-5,11-12H2,1-3H3,(H2,20,21,22);1H. The van der Waals surface area contributed by atoms with Crippen LogP contribution in [0.25, 0.3) is 0 Å². The summed E-state index contributed by atoms with van der Waals surface area (Å²) in [5.74, 6) is 2.70. The molecule has 0 radical (unpaired) electrons. The van der Waals surface area contributed by atoms with Crippen molar-refractivity contribution in [3.8, 4) is 11.5 Å². The van der Waals surface area contributed by atoms with E-state index in [1.54, 1.807) is 13.4 Å². The third-order valence-electron chi connectivity index (χ3n) is 3.35. The lowest BCUT2D eigenvalue weighted by atomic mass is 10.2. The summed E-state index contributed by atoms with van der Waals surface area (Å²) in [6.45, 7) is 6.22.